The third kappa shape index (κ3) is 8.07. The number of nitrogens with one attached hydrogen (secondary N) is 1. The van der Waals surface area contributed by atoms with Crippen molar-refractivity contribution in [1.29, 1.82) is 0 Å². The van der Waals surface area contributed by atoms with E-state index < -0.39 is 0 Å². The van der Waals surface area contributed by atoms with Crippen LogP contribution in [0.1, 0.15) is 25.0 Å². The Balaban J connectivity index is 0.000000360. The number of hydrogen-bond acceptors (Lipinski definition) is 7. The van der Waals surface area contributed by atoms with Crippen LogP contribution >= 0.6 is 0 Å². The number of rotatable bonds is 12. The van der Waals surface area contributed by atoms with Gasteiger partial charge in [-0.05, 0) is 35.4 Å². The van der Waals surface area contributed by atoms with Crippen molar-refractivity contribution >= 4 is 0 Å². The van der Waals surface area contributed by atoms with Gasteiger partial charge in [-0.15, -0.1) is 0 Å². The maximum atomic E-state index is 8.15. The Morgan fingerprint density at radius 3 is 1.47 bits per heavy atom. The summed E-state index contributed by atoms with van der Waals surface area (Å²) in [6, 6.07) is 16.7. The molecule has 2 fully saturated rings. The van der Waals surface area contributed by atoms with E-state index in [-0.39, 0.29) is 30.8 Å². The van der Waals surface area contributed by atoms with Crippen LogP contribution in [0.15, 0.2) is 48.5 Å². The van der Waals surface area contributed by atoms with Crippen LogP contribution in [0.3, 0.4) is 0 Å². The Morgan fingerprint density at radius 1 is 0.781 bits per heavy atom. The van der Waals surface area contributed by atoms with Gasteiger partial charge in [-0.2, -0.15) is 0 Å². The van der Waals surface area contributed by atoms with Crippen molar-refractivity contribution in [2.75, 3.05) is 52.7 Å². The van der Waals surface area contributed by atoms with E-state index in [0.717, 1.165) is 24.7 Å². The summed E-state index contributed by atoms with van der Waals surface area (Å²) in [5, 5.41) is 19.1. The highest BCUT2D eigenvalue weighted by molar-refractivity contribution is 5.41. The largest absolute Gasteiger partial charge is 0.491 e. The molecule has 7 nitrogen and oxygen atoms in total. The van der Waals surface area contributed by atoms with Crippen molar-refractivity contribution in [3.05, 3.63) is 59.7 Å². The Kier molecular flexibility index (Phi) is 9.32. The zero-order valence-electron chi connectivity index (χ0n) is 19.0. The second-order valence-corrected chi connectivity index (χ2v) is 8.40. The summed E-state index contributed by atoms with van der Waals surface area (Å²) in [5.41, 5.74) is 2.42. The number of epoxide rings is 2. The van der Waals surface area contributed by atoms with E-state index in [1.54, 1.807) is 0 Å². The molecule has 7 heteroatoms. The van der Waals surface area contributed by atoms with Gasteiger partial charge in [0.1, 0.15) is 36.9 Å². The van der Waals surface area contributed by atoms with Crippen molar-refractivity contribution < 1.29 is 29.2 Å². The van der Waals surface area contributed by atoms with Crippen LogP contribution in [0.4, 0.5) is 0 Å². The minimum absolute atomic E-state index is 0.0870. The quantitative estimate of drug-likeness (QED) is 0.340. The first-order valence-corrected chi connectivity index (χ1v) is 11.1. The van der Waals surface area contributed by atoms with Gasteiger partial charge in [-0.1, -0.05) is 38.1 Å². The molecular weight excluding hydrogens is 410 g/mol. The summed E-state index contributed by atoms with van der Waals surface area (Å²) in [6.07, 6.45) is 0.562. The molecule has 0 spiro atoms. The molecular formula is C25H35NO6. The molecule has 2 aromatic rings. The number of aliphatic hydroxyl groups excluding tert-OH is 2. The highest BCUT2D eigenvalue weighted by atomic mass is 16.6. The van der Waals surface area contributed by atoms with E-state index in [4.69, 9.17) is 29.2 Å². The molecule has 176 valence electrons. The van der Waals surface area contributed by atoms with Gasteiger partial charge in [0.05, 0.1) is 26.4 Å². The zero-order chi connectivity index (χ0) is 22.8. The van der Waals surface area contributed by atoms with Gasteiger partial charge in [0.2, 0.25) is 0 Å². The van der Waals surface area contributed by atoms with E-state index in [1.807, 2.05) is 24.3 Å². The van der Waals surface area contributed by atoms with Crippen molar-refractivity contribution in [3.63, 3.8) is 0 Å². The molecule has 2 unspecified atom stereocenters. The van der Waals surface area contributed by atoms with Gasteiger partial charge in [0.15, 0.2) is 0 Å². The molecule has 2 aliphatic rings. The van der Waals surface area contributed by atoms with Crippen LogP contribution < -0.4 is 14.8 Å². The van der Waals surface area contributed by atoms with Crippen LogP contribution in [-0.4, -0.2) is 75.2 Å². The molecule has 2 aliphatic heterocycles. The first-order chi connectivity index (χ1) is 15.5. The number of ether oxygens (including phenoxy) is 4. The number of benzene rings is 2. The number of aliphatic hydroxyl groups is 2. The Morgan fingerprint density at radius 2 is 1.16 bits per heavy atom. The summed E-state index contributed by atoms with van der Waals surface area (Å²) in [5.74, 6) is 1.78. The normalized spacial score (nSPS) is 19.0. The van der Waals surface area contributed by atoms with Crippen LogP contribution in [-0.2, 0) is 14.9 Å². The molecule has 32 heavy (non-hydrogen) atoms. The Bertz CT molecular complexity index is 720. The van der Waals surface area contributed by atoms with Crippen molar-refractivity contribution in [1.82, 2.24) is 5.32 Å². The smallest absolute Gasteiger partial charge is 0.119 e. The van der Waals surface area contributed by atoms with Crippen molar-refractivity contribution in [3.8, 4) is 11.5 Å². The first-order valence-electron chi connectivity index (χ1n) is 11.1. The van der Waals surface area contributed by atoms with Gasteiger partial charge >= 0.3 is 0 Å². The summed E-state index contributed by atoms with van der Waals surface area (Å²) < 4.78 is 21.8. The lowest BCUT2D eigenvalue weighted by Gasteiger charge is -2.26. The molecule has 0 amide bonds. The molecule has 2 heterocycles. The minimum atomic E-state index is -0.0870. The predicted molar refractivity (Wildman–Crippen MR) is 123 cm³/mol. The van der Waals surface area contributed by atoms with Gasteiger partial charge in [-0.25, -0.2) is 0 Å². The number of hydrogen-bond donors (Lipinski definition) is 3. The second kappa shape index (κ2) is 12.2. The molecule has 2 aromatic carbocycles. The fourth-order valence-corrected chi connectivity index (χ4v) is 3.09. The molecule has 0 radical (unpaired) electrons. The maximum absolute atomic E-state index is 8.15. The molecule has 0 saturated carbocycles. The fourth-order valence-electron chi connectivity index (χ4n) is 3.09. The third-order valence-electron chi connectivity index (χ3n) is 5.41. The van der Waals surface area contributed by atoms with Crippen LogP contribution in [0, 0.1) is 0 Å². The van der Waals surface area contributed by atoms with Crippen LogP contribution in [0.25, 0.3) is 0 Å². The third-order valence-corrected chi connectivity index (χ3v) is 5.41. The second-order valence-electron chi connectivity index (χ2n) is 8.40. The average Bonchev–Trinajstić information content (AvgIpc) is 3.73. The van der Waals surface area contributed by atoms with E-state index in [1.165, 1.54) is 11.1 Å². The van der Waals surface area contributed by atoms with E-state index in [9.17, 15) is 0 Å². The monoisotopic (exact) mass is 445 g/mol. The standard InChI is InChI=1S/C21H24O4.C4H11NO2/c1-21(2,15-3-7-17(8-4-15)22-11-19-13-24-19)16-5-9-18(10-6-16)23-12-20-14-25-20;6-3-1-5-2-4-7/h3-10,19-20H,11-14H2,1-2H3;5-7H,1-4H2. The van der Waals surface area contributed by atoms with E-state index in [2.05, 4.69) is 43.4 Å². The Labute approximate surface area is 190 Å². The zero-order valence-corrected chi connectivity index (χ0v) is 19.0. The van der Waals surface area contributed by atoms with E-state index >= 15 is 0 Å². The summed E-state index contributed by atoms with van der Waals surface area (Å²) in [4.78, 5) is 0. The van der Waals surface area contributed by atoms with Crippen molar-refractivity contribution in [2.45, 2.75) is 31.5 Å². The summed E-state index contributed by atoms with van der Waals surface area (Å²) >= 11 is 0. The molecule has 0 aliphatic carbocycles. The van der Waals surface area contributed by atoms with Gasteiger partial charge < -0.3 is 34.5 Å². The SMILES string of the molecule is CC(C)(c1ccc(OCC2CO2)cc1)c1ccc(OCC2CO2)cc1.OCCNCCO. The van der Waals surface area contributed by atoms with Crippen LogP contribution in [0.2, 0.25) is 0 Å². The summed E-state index contributed by atoms with van der Waals surface area (Å²) in [6.45, 7) is 8.79. The maximum Gasteiger partial charge on any atom is 0.119 e. The lowest BCUT2D eigenvalue weighted by Crippen LogP contribution is -2.21. The van der Waals surface area contributed by atoms with Gasteiger partial charge in [-0.3, -0.25) is 0 Å². The molecule has 4 rings (SSSR count). The highest BCUT2D eigenvalue weighted by Gasteiger charge is 2.25. The van der Waals surface area contributed by atoms with Gasteiger partial charge in [0, 0.05) is 18.5 Å². The first kappa shape index (κ1) is 24.5. The van der Waals surface area contributed by atoms with E-state index in [0.29, 0.717) is 26.3 Å². The fraction of sp³-hybridized carbons (Fsp3) is 0.520. The average molecular weight is 446 g/mol. The molecule has 2 atom stereocenters. The molecule has 0 aromatic heterocycles. The Hall–Kier alpha value is -2.16. The lowest BCUT2D eigenvalue weighted by molar-refractivity contribution is 0.263. The predicted octanol–water partition coefficient (Wildman–Crippen LogP) is 2.13. The lowest BCUT2D eigenvalue weighted by atomic mass is 9.78. The van der Waals surface area contributed by atoms with Gasteiger partial charge in [0.25, 0.3) is 0 Å². The van der Waals surface area contributed by atoms with Crippen LogP contribution in [0.5, 0.6) is 11.5 Å². The topological polar surface area (TPSA) is 96.0 Å². The molecule has 2 saturated heterocycles. The highest BCUT2D eigenvalue weighted by Crippen LogP contribution is 2.33. The molecule has 0 bridgehead atoms. The van der Waals surface area contributed by atoms with Crippen molar-refractivity contribution in [2.24, 2.45) is 0 Å². The molecule has 3 N–H and O–H groups in total. The minimum Gasteiger partial charge on any atom is -0.491 e. The summed E-state index contributed by atoms with van der Waals surface area (Å²) in [7, 11) is 0.